The summed E-state index contributed by atoms with van der Waals surface area (Å²) in [6.07, 6.45) is 5.70. The van der Waals surface area contributed by atoms with Crippen molar-refractivity contribution in [1.82, 2.24) is 15.0 Å². The van der Waals surface area contributed by atoms with E-state index in [-0.39, 0.29) is 0 Å². The van der Waals surface area contributed by atoms with E-state index < -0.39 is 0 Å². The highest BCUT2D eigenvalue weighted by molar-refractivity contribution is 5.84. The molecule has 0 aliphatic carbocycles. The van der Waals surface area contributed by atoms with Crippen molar-refractivity contribution in [2.75, 3.05) is 9.80 Å². The molecule has 0 amide bonds. The van der Waals surface area contributed by atoms with E-state index in [9.17, 15) is 0 Å². The summed E-state index contributed by atoms with van der Waals surface area (Å²) in [5.41, 5.74) is 18.9. The molecule has 0 aliphatic rings. The SMILES string of the molecule is c1ccc(N(c2ccccc2)c2cccc(-c3ccnc(-c4cccc(-c5ccnc(-c6cccc(-c7ccnc(-c8cccc(N(c9ccccc9)c9ccccc9)c8)c7)c6)c5)c4)c3)c2)cc1. The van der Waals surface area contributed by atoms with Crippen LogP contribution < -0.4 is 9.80 Å². The monoisotopic (exact) mass is 871 g/mol. The van der Waals surface area contributed by atoms with Crippen molar-refractivity contribution >= 4 is 34.1 Å². The van der Waals surface area contributed by atoms with E-state index in [2.05, 4.69) is 252 Å². The number of aromatic nitrogens is 3. The van der Waals surface area contributed by atoms with Gasteiger partial charge in [0.2, 0.25) is 0 Å². The first-order valence-corrected chi connectivity index (χ1v) is 22.8. The van der Waals surface area contributed by atoms with Crippen molar-refractivity contribution in [1.29, 1.82) is 0 Å². The summed E-state index contributed by atoms with van der Waals surface area (Å²) in [6, 6.07) is 89.2. The lowest BCUT2D eigenvalue weighted by atomic mass is 9.97. The molecule has 3 aromatic heterocycles. The van der Waals surface area contributed by atoms with Gasteiger partial charge in [-0.3, -0.25) is 15.0 Å². The first-order valence-electron chi connectivity index (χ1n) is 22.8. The van der Waals surface area contributed by atoms with E-state index in [1.165, 1.54) is 0 Å². The minimum atomic E-state index is 0.902. The van der Waals surface area contributed by atoms with Gasteiger partial charge in [0, 0.05) is 69.4 Å². The summed E-state index contributed by atoms with van der Waals surface area (Å²) in [7, 11) is 0. The fraction of sp³-hybridized carbons (Fsp3) is 0. The molecular formula is C63H45N5. The third-order valence-electron chi connectivity index (χ3n) is 12.2. The van der Waals surface area contributed by atoms with Gasteiger partial charge in [0.15, 0.2) is 0 Å². The quantitative estimate of drug-likeness (QED) is 0.122. The highest BCUT2D eigenvalue weighted by Gasteiger charge is 2.16. The Balaban J connectivity index is 0.855. The van der Waals surface area contributed by atoms with Crippen LogP contribution in [0.15, 0.2) is 273 Å². The highest BCUT2D eigenvalue weighted by atomic mass is 15.1. The fourth-order valence-corrected chi connectivity index (χ4v) is 8.85. The van der Waals surface area contributed by atoms with E-state index in [4.69, 9.17) is 15.0 Å². The van der Waals surface area contributed by atoms with Gasteiger partial charge in [0.25, 0.3) is 0 Å². The molecule has 0 bridgehead atoms. The molecule has 0 N–H and O–H groups in total. The Bertz CT molecular complexity index is 3160. The lowest BCUT2D eigenvalue weighted by molar-refractivity contribution is 1.27. The van der Waals surface area contributed by atoms with Crippen LogP contribution in [0, 0.1) is 0 Å². The van der Waals surface area contributed by atoms with Crippen LogP contribution in [0.1, 0.15) is 0 Å². The molecule has 3 heterocycles. The number of anilines is 6. The second kappa shape index (κ2) is 19.1. The Hall–Kier alpha value is -9.19. The van der Waals surface area contributed by atoms with Crippen molar-refractivity contribution in [3.63, 3.8) is 0 Å². The van der Waals surface area contributed by atoms with E-state index in [1.54, 1.807) is 0 Å². The lowest BCUT2D eigenvalue weighted by Crippen LogP contribution is -2.09. The summed E-state index contributed by atoms with van der Waals surface area (Å²) in [5.74, 6) is 0. The first-order chi connectivity index (χ1) is 33.7. The maximum atomic E-state index is 4.86. The van der Waals surface area contributed by atoms with Crippen LogP contribution in [-0.4, -0.2) is 15.0 Å². The predicted molar refractivity (Wildman–Crippen MR) is 282 cm³/mol. The Labute approximate surface area is 397 Å². The maximum absolute atomic E-state index is 4.86. The van der Waals surface area contributed by atoms with Crippen molar-refractivity contribution in [3.05, 3.63) is 273 Å². The van der Waals surface area contributed by atoms with Gasteiger partial charge in [-0.15, -0.1) is 0 Å². The Morgan fingerprint density at radius 3 is 0.794 bits per heavy atom. The molecule has 0 saturated heterocycles. The minimum absolute atomic E-state index is 0.902. The summed E-state index contributed by atoms with van der Waals surface area (Å²) >= 11 is 0. The second-order valence-electron chi connectivity index (χ2n) is 16.6. The highest BCUT2D eigenvalue weighted by Crippen LogP contribution is 2.39. The summed E-state index contributed by atoms with van der Waals surface area (Å²) in [6.45, 7) is 0. The van der Waals surface area contributed by atoms with Crippen LogP contribution >= 0.6 is 0 Å². The summed E-state index contributed by atoms with van der Waals surface area (Å²) in [5, 5.41) is 0. The van der Waals surface area contributed by atoms with Crippen molar-refractivity contribution in [3.8, 4) is 67.2 Å². The second-order valence-corrected chi connectivity index (χ2v) is 16.6. The van der Waals surface area contributed by atoms with Gasteiger partial charge < -0.3 is 9.80 Å². The minimum Gasteiger partial charge on any atom is -0.310 e. The molecule has 0 radical (unpaired) electrons. The van der Waals surface area contributed by atoms with Gasteiger partial charge in [0.1, 0.15) is 0 Å². The van der Waals surface area contributed by atoms with Crippen LogP contribution in [0.2, 0.25) is 0 Å². The zero-order valence-electron chi connectivity index (χ0n) is 37.2. The average molecular weight is 872 g/mol. The lowest BCUT2D eigenvalue weighted by Gasteiger charge is -2.26. The molecule has 0 aliphatic heterocycles. The fourth-order valence-electron chi connectivity index (χ4n) is 8.85. The topological polar surface area (TPSA) is 45.2 Å². The predicted octanol–water partition coefficient (Wildman–Crippen LogP) is 16.8. The van der Waals surface area contributed by atoms with Crippen molar-refractivity contribution in [2.45, 2.75) is 0 Å². The third-order valence-corrected chi connectivity index (χ3v) is 12.2. The van der Waals surface area contributed by atoms with Crippen LogP contribution in [0.5, 0.6) is 0 Å². The molecule has 5 nitrogen and oxygen atoms in total. The normalized spacial score (nSPS) is 10.9. The number of pyridine rings is 3. The van der Waals surface area contributed by atoms with Crippen LogP contribution in [0.3, 0.4) is 0 Å². The van der Waals surface area contributed by atoms with Crippen LogP contribution in [-0.2, 0) is 0 Å². The summed E-state index contributed by atoms with van der Waals surface area (Å²) < 4.78 is 0. The molecule has 5 heteroatoms. The van der Waals surface area contributed by atoms with E-state index in [0.717, 1.165) is 101 Å². The number of para-hydroxylation sites is 4. The van der Waals surface area contributed by atoms with Gasteiger partial charge in [-0.2, -0.15) is 0 Å². The van der Waals surface area contributed by atoms with Gasteiger partial charge in [-0.25, -0.2) is 0 Å². The Kier molecular flexibility index (Phi) is 11.7. The Morgan fingerprint density at radius 1 is 0.191 bits per heavy atom. The molecule has 8 aromatic carbocycles. The molecule has 0 unspecified atom stereocenters. The van der Waals surface area contributed by atoms with Crippen molar-refractivity contribution < 1.29 is 0 Å². The standard InChI is InChI=1S/C63H45N5/c1-5-23-55(24-6-1)67(56-25-7-2-8-26-56)59-31-15-19-48(41-59)51-35-38-65-62(45-51)53-21-13-17-46(39-53)49-33-36-64-61(43-49)52-20-14-18-47(40-52)50-34-37-66-63(44-50)54-22-16-32-60(42-54)68(57-27-9-3-10-28-57)58-29-11-4-12-30-58/h1-45H. The molecule has 322 valence electrons. The first kappa shape index (κ1) is 41.5. The van der Waals surface area contributed by atoms with E-state index in [1.807, 2.05) is 30.7 Å². The van der Waals surface area contributed by atoms with Gasteiger partial charge >= 0.3 is 0 Å². The van der Waals surface area contributed by atoms with E-state index >= 15 is 0 Å². The average Bonchev–Trinajstić information content (AvgIpc) is 3.43. The van der Waals surface area contributed by atoms with Gasteiger partial charge in [0.05, 0.1) is 17.1 Å². The number of hydrogen-bond acceptors (Lipinski definition) is 5. The van der Waals surface area contributed by atoms with Gasteiger partial charge in [-0.05, 0) is 155 Å². The third kappa shape index (κ3) is 8.92. The van der Waals surface area contributed by atoms with Crippen LogP contribution in [0.4, 0.5) is 34.1 Å². The molecule has 0 spiro atoms. The van der Waals surface area contributed by atoms with E-state index in [0.29, 0.717) is 0 Å². The molecule has 0 fully saturated rings. The number of hydrogen-bond donors (Lipinski definition) is 0. The zero-order chi connectivity index (χ0) is 45.5. The smallest absolute Gasteiger partial charge is 0.0708 e. The molecule has 11 rings (SSSR count). The number of rotatable bonds is 12. The largest absolute Gasteiger partial charge is 0.310 e. The molecule has 0 atom stereocenters. The molecule has 0 saturated carbocycles. The number of nitrogens with zero attached hydrogens (tertiary/aromatic N) is 5. The van der Waals surface area contributed by atoms with Crippen molar-refractivity contribution in [2.24, 2.45) is 0 Å². The molecule has 68 heavy (non-hydrogen) atoms. The molecular weight excluding hydrogens is 827 g/mol. The number of benzene rings is 8. The zero-order valence-corrected chi connectivity index (χ0v) is 37.2. The Morgan fingerprint density at radius 2 is 0.441 bits per heavy atom. The van der Waals surface area contributed by atoms with Gasteiger partial charge in [-0.1, -0.05) is 133 Å². The van der Waals surface area contributed by atoms with Crippen LogP contribution in [0.25, 0.3) is 67.2 Å². The maximum Gasteiger partial charge on any atom is 0.0708 e. The molecule has 11 aromatic rings. The summed E-state index contributed by atoms with van der Waals surface area (Å²) in [4.78, 5) is 19.1.